The molecular formula is C23H45IO8. The molecule has 32 heavy (non-hydrogen) atoms. The second kappa shape index (κ2) is 24.1. The zero-order valence-electron chi connectivity index (χ0n) is 20.4. The van der Waals surface area contributed by atoms with Crippen molar-refractivity contribution in [2.24, 2.45) is 0 Å². The summed E-state index contributed by atoms with van der Waals surface area (Å²) in [4.78, 5) is 11.5. The summed E-state index contributed by atoms with van der Waals surface area (Å²) in [5.74, 6) is -0.252. The van der Waals surface area contributed by atoms with Crippen molar-refractivity contribution in [3.8, 4) is 0 Å². The smallest absolute Gasteiger partial charge is 0.308 e. The van der Waals surface area contributed by atoms with Crippen LogP contribution in [0.5, 0.6) is 0 Å². The number of ether oxygens (including phenoxy) is 7. The maximum atomic E-state index is 11.5. The van der Waals surface area contributed by atoms with E-state index in [2.05, 4.69) is 22.6 Å². The Morgan fingerprint density at radius 1 is 0.562 bits per heavy atom. The first-order chi connectivity index (χ1) is 15.5. The van der Waals surface area contributed by atoms with E-state index in [1.807, 2.05) is 20.8 Å². The minimum absolute atomic E-state index is 0.248. The molecule has 0 N–H and O–H groups in total. The van der Waals surface area contributed by atoms with Crippen molar-refractivity contribution >= 4 is 28.6 Å². The summed E-state index contributed by atoms with van der Waals surface area (Å²) in [5.41, 5.74) is -0.457. The van der Waals surface area contributed by atoms with Gasteiger partial charge in [-0.05, 0) is 38.0 Å². The second-order valence-corrected chi connectivity index (χ2v) is 9.19. The van der Waals surface area contributed by atoms with Crippen LogP contribution in [-0.4, -0.2) is 95.3 Å². The van der Waals surface area contributed by atoms with E-state index in [4.69, 9.17) is 33.2 Å². The maximum absolute atomic E-state index is 11.5. The average Bonchev–Trinajstić information content (AvgIpc) is 2.73. The molecule has 8 nitrogen and oxygen atoms in total. The van der Waals surface area contributed by atoms with Gasteiger partial charge >= 0.3 is 5.97 Å². The van der Waals surface area contributed by atoms with Crippen LogP contribution in [0.15, 0.2) is 0 Å². The Bertz CT molecular complexity index is 404. The first kappa shape index (κ1) is 32.0. The Morgan fingerprint density at radius 3 is 1.34 bits per heavy atom. The fourth-order valence-electron chi connectivity index (χ4n) is 2.40. The molecule has 0 aromatic heterocycles. The molecule has 0 fully saturated rings. The Hall–Kier alpha value is -0.0400. The van der Waals surface area contributed by atoms with E-state index in [1.165, 1.54) is 23.7 Å². The third-order valence-electron chi connectivity index (χ3n) is 3.90. The summed E-state index contributed by atoms with van der Waals surface area (Å²) < 4.78 is 39.1. The molecule has 0 aliphatic carbocycles. The van der Waals surface area contributed by atoms with Crippen LogP contribution < -0.4 is 0 Å². The van der Waals surface area contributed by atoms with Crippen LogP contribution in [0, 0.1) is 0 Å². The van der Waals surface area contributed by atoms with Crippen molar-refractivity contribution in [3.63, 3.8) is 0 Å². The van der Waals surface area contributed by atoms with Gasteiger partial charge in [-0.25, -0.2) is 0 Å². The Morgan fingerprint density at radius 2 is 0.938 bits per heavy atom. The van der Waals surface area contributed by atoms with Gasteiger partial charge in [-0.1, -0.05) is 35.4 Å². The van der Waals surface area contributed by atoms with Gasteiger partial charge in [-0.2, -0.15) is 0 Å². The number of hydrogen-bond acceptors (Lipinski definition) is 8. The van der Waals surface area contributed by atoms with Crippen LogP contribution >= 0.6 is 22.6 Å². The van der Waals surface area contributed by atoms with Crippen molar-refractivity contribution in [2.45, 2.75) is 58.5 Å². The molecule has 0 unspecified atom stereocenters. The van der Waals surface area contributed by atoms with Crippen LogP contribution in [-0.2, 0) is 38.0 Å². The molecule has 0 bridgehead atoms. The number of unbranched alkanes of at least 4 members (excludes halogenated alkanes) is 3. The largest absolute Gasteiger partial charge is 0.460 e. The Labute approximate surface area is 208 Å². The minimum Gasteiger partial charge on any atom is -0.460 e. The highest BCUT2D eigenvalue weighted by atomic mass is 127. The lowest BCUT2D eigenvalue weighted by Crippen LogP contribution is -2.24. The summed E-state index contributed by atoms with van der Waals surface area (Å²) in [6, 6.07) is 0. The standard InChI is InChI=1S/C23H45IO8/c1-23(2,3)32-22(25)8-11-27-13-15-29-17-19-31-21-20-30-18-16-28-14-12-26-10-7-5-4-6-9-24/h4-21H2,1-3H3. The van der Waals surface area contributed by atoms with Crippen LogP contribution in [0.3, 0.4) is 0 Å². The highest BCUT2D eigenvalue weighted by Gasteiger charge is 2.15. The molecule has 0 aromatic carbocycles. The van der Waals surface area contributed by atoms with Crippen LogP contribution in [0.1, 0.15) is 52.9 Å². The van der Waals surface area contributed by atoms with Crippen molar-refractivity contribution in [1.29, 1.82) is 0 Å². The lowest BCUT2D eigenvalue weighted by atomic mass is 10.2. The van der Waals surface area contributed by atoms with Gasteiger partial charge in [-0.15, -0.1) is 0 Å². The molecule has 192 valence electrons. The summed E-state index contributed by atoms with van der Waals surface area (Å²) in [6.07, 6.45) is 5.23. The molecule has 0 saturated heterocycles. The van der Waals surface area contributed by atoms with E-state index in [0.717, 1.165) is 13.0 Å². The first-order valence-corrected chi connectivity index (χ1v) is 13.2. The topological polar surface area (TPSA) is 81.7 Å². The molecule has 0 saturated carbocycles. The van der Waals surface area contributed by atoms with E-state index in [9.17, 15) is 4.79 Å². The van der Waals surface area contributed by atoms with Crippen molar-refractivity contribution < 1.29 is 38.0 Å². The monoisotopic (exact) mass is 576 g/mol. The lowest BCUT2D eigenvalue weighted by molar-refractivity contribution is -0.156. The highest BCUT2D eigenvalue weighted by molar-refractivity contribution is 14.1. The number of rotatable bonds is 24. The Balaban J connectivity index is 3.10. The van der Waals surface area contributed by atoms with E-state index < -0.39 is 5.60 Å². The Kier molecular flexibility index (Phi) is 24.1. The molecule has 9 heteroatoms. The summed E-state index contributed by atoms with van der Waals surface area (Å²) >= 11 is 2.42. The molecule has 0 aliphatic heterocycles. The summed E-state index contributed by atoms with van der Waals surface area (Å²) in [7, 11) is 0. The van der Waals surface area contributed by atoms with E-state index in [-0.39, 0.29) is 12.4 Å². The van der Waals surface area contributed by atoms with Gasteiger partial charge in [0, 0.05) is 6.61 Å². The van der Waals surface area contributed by atoms with Crippen LogP contribution in [0.4, 0.5) is 0 Å². The fourth-order valence-corrected chi connectivity index (χ4v) is 2.94. The molecule has 0 rings (SSSR count). The molecular weight excluding hydrogens is 531 g/mol. The SMILES string of the molecule is CC(C)(C)OC(=O)CCOCCOCCOCCOCCOCCOCCCCCCI. The molecule has 0 radical (unpaired) electrons. The fraction of sp³-hybridized carbons (Fsp3) is 0.957. The summed E-state index contributed by atoms with van der Waals surface area (Å²) in [6.45, 7) is 12.0. The van der Waals surface area contributed by atoms with Gasteiger partial charge in [-0.3, -0.25) is 4.79 Å². The normalized spacial score (nSPS) is 11.8. The average molecular weight is 577 g/mol. The second-order valence-electron chi connectivity index (χ2n) is 8.11. The molecule has 0 heterocycles. The highest BCUT2D eigenvalue weighted by Crippen LogP contribution is 2.08. The van der Waals surface area contributed by atoms with E-state index in [0.29, 0.717) is 72.7 Å². The number of esters is 1. The molecule has 0 atom stereocenters. The number of alkyl halides is 1. The number of carbonyl (C=O) groups excluding carboxylic acids is 1. The van der Waals surface area contributed by atoms with Crippen molar-refractivity contribution in [2.75, 3.05) is 83.7 Å². The van der Waals surface area contributed by atoms with Crippen molar-refractivity contribution in [3.05, 3.63) is 0 Å². The summed E-state index contributed by atoms with van der Waals surface area (Å²) in [5, 5.41) is 0. The maximum Gasteiger partial charge on any atom is 0.308 e. The van der Waals surface area contributed by atoms with E-state index >= 15 is 0 Å². The third-order valence-corrected chi connectivity index (χ3v) is 4.67. The zero-order chi connectivity index (χ0) is 23.8. The van der Waals surface area contributed by atoms with Gasteiger partial charge in [0.1, 0.15) is 5.60 Å². The third kappa shape index (κ3) is 28.0. The number of hydrogen-bond donors (Lipinski definition) is 0. The van der Waals surface area contributed by atoms with Gasteiger partial charge < -0.3 is 33.2 Å². The van der Waals surface area contributed by atoms with Gasteiger partial charge in [0.15, 0.2) is 0 Å². The van der Waals surface area contributed by atoms with Gasteiger partial charge in [0.25, 0.3) is 0 Å². The molecule has 0 aromatic rings. The number of carbonyl (C=O) groups is 1. The zero-order valence-corrected chi connectivity index (χ0v) is 22.5. The lowest BCUT2D eigenvalue weighted by Gasteiger charge is -2.19. The quantitative estimate of drug-likeness (QED) is 0.0743. The predicted molar refractivity (Wildman–Crippen MR) is 133 cm³/mol. The van der Waals surface area contributed by atoms with Crippen molar-refractivity contribution in [1.82, 2.24) is 0 Å². The molecule has 0 amide bonds. The van der Waals surface area contributed by atoms with Gasteiger partial charge in [0.2, 0.25) is 0 Å². The first-order valence-electron chi connectivity index (χ1n) is 11.7. The van der Waals surface area contributed by atoms with Gasteiger partial charge in [0.05, 0.1) is 79.1 Å². The van der Waals surface area contributed by atoms with Crippen LogP contribution in [0.25, 0.3) is 0 Å². The van der Waals surface area contributed by atoms with Crippen LogP contribution in [0.2, 0.25) is 0 Å². The van der Waals surface area contributed by atoms with E-state index in [1.54, 1.807) is 0 Å². The minimum atomic E-state index is -0.457. The molecule has 0 spiro atoms. The number of halogens is 1. The predicted octanol–water partition coefficient (Wildman–Crippen LogP) is 3.81. The molecule has 0 aliphatic rings.